The normalized spacial score (nSPS) is 12.2. The molecule has 1 unspecified atom stereocenters. The van der Waals surface area contributed by atoms with E-state index in [-0.39, 0.29) is 0 Å². The van der Waals surface area contributed by atoms with Gasteiger partial charge in [0.15, 0.2) is 6.10 Å². The summed E-state index contributed by atoms with van der Waals surface area (Å²) in [5.74, 6) is 0.235. The maximum absolute atomic E-state index is 11.1. The molecule has 0 saturated carbocycles. The van der Waals surface area contributed by atoms with Crippen LogP contribution < -0.4 is 14.8 Å². The van der Waals surface area contributed by atoms with Crippen LogP contribution in [0.4, 0.5) is 0 Å². The third-order valence-corrected chi connectivity index (χ3v) is 2.89. The molecule has 1 aromatic rings. The van der Waals surface area contributed by atoms with Gasteiger partial charge in [0, 0.05) is 24.2 Å². The van der Waals surface area contributed by atoms with Crippen LogP contribution in [-0.2, 0) is 11.3 Å². The van der Waals surface area contributed by atoms with Crippen molar-refractivity contribution in [1.29, 1.82) is 0 Å². The van der Waals surface area contributed by atoms with E-state index in [2.05, 4.69) is 19.2 Å². The van der Waals surface area contributed by atoms with Gasteiger partial charge in [-0.25, -0.2) is 4.79 Å². The van der Waals surface area contributed by atoms with Crippen molar-refractivity contribution in [3.8, 4) is 11.5 Å². The molecule has 20 heavy (non-hydrogen) atoms. The predicted octanol–water partition coefficient (Wildman–Crippen LogP) is 2.44. The van der Waals surface area contributed by atoms with Crippen molar-refractivity contribution in [2.24, 2.45) is 0 Å². The van der Waals surface area contributed by atoms with Crippen molar-refractivity contribution in [3.63, 3.8) is 0 Å². The van der Waals surface area contributed by atoms with Crippen molar-refractivity contribution < 1.29 is 19.4 Å². The molecular weight excluding hydrogens is 258 g/mol. The first kappa shape index (κ1) is 16.3. The highest BCUT2D eigenvalue weighted by atomic mass is 16.5. The quantitative estimate of drug-likeness (QED) is 0.766. The van der Waals surface area contributed by atoms with E-state index in [0.717, 1.165) is 5.56 Å². The molecule has 0 aliphatic rings. The molecule has 0 aliphatic carbocycles. The molecular formula is C15H23NO4. The number of carboxylic acid groups (broad SMARTS) is 1. The second-order valence-electron chi connectivity index (χ2n) is 4.86. The summed E-state index contributed by atoms with van der Waals surface area (Å²) in [4.78, 5) is 11.1. The minimum atomic E-state index is -0.960. The van der Waals surface area contributed by atoms with Gasteiger partial charge in [-0.05, 0) is 12.5 Å². The largest absolute Gasteiger partial charge is 0.497 e. The summed E-state index contributed by atoms with van der Waals surface area (Å²) in [5.41, 5.74) is 0.916. The lowest BCUT2D eigenvalue weighted by atomic mass is 10.1. The molecule has 1 atom stereocenters. The van der Waals surface area contributed by atoms with E-state index in [4.69, 9.17) is 14.6 Å². The summed E-state index contributed by atoms with van der Waals surface area (Å²) in [5, 5.41) is 12.4. The first-order valence-electron chi connectivity index (χ1n) is 6.77. The molecule has 112 valence electrons. The van der Waals surface area contributed by atoms with Gasteiger partial charge in [-0.1, -0.05) is 26.8 Å². The second-order valence-corrected chi connectivity index (χ2v) is 4.86. The number of carbonyl (C=O) groups is 1. The van der Waals surface area contributed by atoms with E-state index in [1.165, 1.54) is 0 Å². The molecule has 0 amide bonds. The van der Waals surface area contributed by atoms with Gasteiger partial charge in [0.1, 0.15) is 11.5 Å². The van der Waals surface area contributed by atoms with Crippen LogP contribution in [0.5, 0.6) is 11.5 Å². The van der Waals surface area contributed by atoms with Crippen LogP contribution in [0.15, 0.2) is 18.2 Å². The molecule has 1 aromatic carbocycles. The van der Waals surface area contributed by atoms with Crippen LogP contribution in [0.25, 0.3) is 0 Å². The summed E-state index contributed by atoms with van der Waals surface area (Å²) < 4.78 is 10.8. The monoisotopic (exact) mass is 281 g/mol. The summed E-state index contributed by atoms with van der Waals surface area (Å²) in [6.45, 7) is 6.50. The Hall–Kier alpha value is -1.75. The fraction of sp³-hybridized carbons (Fsp3) is 0.533. The summed E-state index contributed by atoms with van der Waals surface area (Å²) in [6, 6.07) is 5.79. The summed E-state index contributed by atoms with van der Waals surface area (Å²) in [6.07, 6.45) is -0.441. The Kier molecular flexibility index (Phi) is 6.31. The lowest BCUT2D eigenvalue weighted by molar-refractivity contribution is -0.145. The van der Waals surface area contributed by atoms with Crippen LogP contribution in [0.1, 0.15) is 32.8 Å². The van der Waals surface area contributed by atoms with Crippen LogP contribution in [-0.4, -0.2) is 30.3 Å². The SMILES string of the molecule is CCC(Oc1cc(OC)ccc1CNC(C)C)C(=O)O. The van der Waals surface area contributed by atoms with Gasteiger partial charge in [-0.15, -0.1) is 0 Å². The van der Waals surface area contributed by atoms with Gasteiger partial charge in [0.25, 0.3) is 0 Å². The predicted molar refractivity (Wildman–Crippen MR) is 77.3 cm³/mol. The Morgan fingerprint density at radius 2 is 2.10 bits per heavy atom. The molecule has 0 fully saturated rings. The highest BCUT2D eigenvalue weighted by Gasteiger charge is 2.19. The summed E-state index contributed by atoms with van der Waals surface area (Å²) >= 11 is 0. The van der Waals surface area contributed by atoms with Crippen LogP contribution in [0.3, 0.4) is 0 Å². The standard InChI is InChI=1S/C15H23NO4/c1-5-13(15(17)18)20-14-8-12(19-4)7-6-11(14)9-16-10(2)3/h6-8,10,13,16H,5,9H2,1-4H3,(H,17,18). The molecule has 5 nitrogen and oxygen atoms in total. The molecule has 0 aliphatic heterocycles. The Morgan fingerprint density at radius 1 is 1.40 bits per heavy atom. The van der Waals surface area contributed by atoms with E-state index >= 15 is 0 Å². The Bertz CT molecular complexity index is 445. The third-order valence-electron chi connectivity index (χ3n) is 2.89. The van der Waals surface area contributed by atoms with Gasteiger partial charge in [-0.2, -0.15) is 0 Å². The van der Waals surface area contributed by atoms with Gasteiger partial charge in [-0.3, -0.25) is 0 Å². The topological polar surface area (TPSA) is 67.8 Å². The average molecular weight is 281 g/mol. The zero-order valence-electron chi connectivity index (χ0n) is 12.5. The number of hydrogen-bond acceptors (Lipinski definition) is 4. The first-order valence-corrected chi connectivity index (χ1v) is 6.77. The van der Waals surface area contributed by atoms with Crippen molar-refractivity contribution in [3.05, 3.63) is 23.8 Å². The molecule has 0 radical (unpaired) electrons. The average Bonchev–Trinajstić information content (AvgIpc) is 2.42. The fourth-order valence-corrected chi connectivity index (χ4v) is 1.69. The highest BCUT2D eigenvalue weighted by molar-refractivity contribution is 5.72. The van der Waals surface area contributed by atoms with Crippen LogP contribution >= 0.6 is 0 Å². The van der Waals surface area contributed by atoms with Crippen LogP contribution in [0.2, 0.25) is 0 Å². The number of nitrogens with one attached hydrogen (secondary N) is 1. The number of aliphatic carboxylic acids is 1. The third kappa shape index (κ3) is 4.74. The van der Waals surface area contributed by atoms with Crippen molar-refractivity contribution in [2.45, 2.75) is 45.9 Å². The Balaban J connectivity index is 2.96. The van der Waals surface area contributed by atoms with E-state index < -0.39 is 12.1 Å². The first-order chi connectivity index (χ1) is 9.47. The smallest absolute Gasteiger partial charge is 0.344 e. The summed E-state index contributed by atoms with van der Waals surface area (Å²) in [7, 11) is 1.57. The zero-order valence-corrected chi connectivity index (χ0v) is 12.5. The molecule has 0 aromatic heterocycles. The Labute approximate surface area is 119 Å². The van der Waals surface area contributed by atoms with Gasteiger partial charge < -0.3 is 19.9 Å². The van der Waals surface area contributed by atoms with Gasteiger partial charge in [0.2, 0.25) is 0 Å². The molecule has 0 heterocycles. The maximum Gasteiger partial charge on any atom is 0.344 e. The molecule has 2 N–H and O–H groups in total. The van der Waals surface area contributed by atoms with Gasteiger partial charge in [0.05, 0.1) is 7.11 Å². The number of methoxy groups -OCH3 is 1. The fourth-order valence-electron chi connectivity index (χ4n) is 1.69. The molecule has 0 spiro atoms. The Morgan fingerprint density at radius 3 is 2.60 bits per heavy atom. The highest BCUT2D eigenvalue weighted by Crippen LogP contribution is 2.26. The zero-order chi connectivity index (χ0) is 15.1. The van der Waals surface area contributed by atoms with E-state index in [0.29, 0.717) is 30.5 Å². The maximum atomic E-state index is 11.1. The number of carboxylic acids is 1. The van der Waals surface area contributed by atoms with Crippen LogP contribution in [0, 0.1) is 0 Å². The number of rotatable bonds is 8. The lowest BCUT2D eigenvalue weighted by Crippen LogP contribution is -2.27. The number of hydrogen-bond donors (Lipinski definition) is 2. The van der Waals surface area contributed by atoms with E-state index in [1.807, 2.05) is 12.1 Å². The number of benzene rings is 1. The van der Waals surface area contributed by atoms with Gasteiger partial charge >= 0.3 is 5.97 Å². The van der Waals surface area contributed by atoms with E-state index in [9.17, 15) is 4.79 Å². The van der Waals surface area contributed by atoms with Crippen molar-refractivity contribution in [2.75, 3.05) is 7.11 Å². The minimum Gasteiger partial charge on any atom is -0.497 e. The molecule has 0 saturated heterocycles. The van der Waals surface area contributed by atoms with Crippen molar-refractivity contribution in [1.82, 2.24) is 5.32 Å². The van der Waals surface area contributed by atoms with Crippen molar-refractivity contribution >= 4 is 5.97 Å². The minimum absolute atomic E-state index is 0.339. The lowest BCUT2D eigenvalue weighted by Gasteiger charge is -2.18. The molecule has 1 rings (SSSR count). The molecule has 0 bridgehead atoms. The second kappa shape index (κ2) is 7.75. The number of ether oxygens (including phenoxy) is 2. The molecule has 5 heteroatoms. The van der Waals surface area contributed by atoms with E-state index in [1.54, 1.807) is 20.1 Å².